The summed E-state index contributed by atoms with van der Waals surface area (Å²) in [5.74, 6) is 0.765. The molecular weight excluding hydrogens is 148 g/mol. The van der Waals surface area contributed by atoms with Crippen LogP contribution in [0, 0.1) is 6.42 Å². The van der Waals surface area contributed by atoms with E-state index in [4.69, 9.17) is 4.42 Å². The summed E-state index contributed by atoms with van der Waals surface area (Å²) in [7, 11) is 0. The first-order valence-corrected chi connectivity index (χ1v) is 3.81. The van der Waals surface area contributed by atoms with Gasteiger partial charge in [0.1, 0.15) is 5.76 Å². The Morgan fingerprint density at radius 2 is 1.75 bits per heavy atom. The Morgan fingerprint density at radius 1 is 0.917 bits per heavy atom. The third-order valence-electron chi connectivity index (χ3n) is 1.56. The van der Waals surface area contributed by atoms with Crippen molar-refractivity contribution in [1.29, 1.82) is 0 Å². The van der Waals surface area contributed by atoms with Gasteiger partial charge in [-0.3, -0.25) is 0 Å². The average Bonchev–Trinajstić information content (AvgIpc) is 2.59. The van der Waals surface area contributed by atoms with Crippen LogP contribution in [0.2, 0.25) is 0 Å². The third-order valence-corrected chi connectivity index (χ3v) is 1.56. The molecule has 0 amide bonds. The fourth-order valence-electron chi connectivity index (χ4n) is 1.01. The maximum Gasteiger partial charge on any atom is 0.117 e. The van der Waals surface area contributed by atoms with Crippen LogP contribution in [-0.4, -0.2) is 0 Å². The molecule has 0 fully saturated rings. The smallest absolute Gasteiger partial charge is 0.117 e. The van der Waals surface area contributed by atoms with Gasteiger partial charge >= 0.3 is 0 Å². The van der Waals surface area contributed by atoms with Crippen LogP contribution in [0.3, 0.4) is 0 Å². The van der Waals surface area contributed by atoms with Crippen LogP contribution in [0.1, 0.15) is 11.3 Å². The van der Waals surface area contributed by atoms with Crippen molar-refractivity contribution < 1.29 is 4.42 Å². The fourth-order valence-corrected chi connectivity index (χ4v) is 1.01. The molecule has 2 aromatic rings. The highest BCUT2D eigenvalue weighted by atomic mass is 16.3. The zero-order valence-electron chi connectivity index (χ0n) is 6.53. The lowest BCUT2D eigenvalue weighted by atomic mass is 10.1. The van der Waals surface area contributed by atoms with Crippen LogP contribution in [0.5, 0.6) is 0 Å². The van der Waals surface area contributed by atoms with Crippen molar-refractivity contribution in [2.75, 3.05) is 0 Å². The standard InChI is InChI=1S/C11H8O/c1-2-5-10(6-3-1)9-11-7-4-8-12-11/h1-8H. The SMILES string of the molecule is [C](c1ccccc1)c1ccco1. The molecular formula is C11H8O. The van der Waals surface area contributed by atoms with E-state index in [0.29, 0.717) is 0 Å². The van der Waals surface area contributed by atoms with Gasteiger partial charge in [-0.25, -0.2) is 0 Å². The molecule has 0 bridgehead atoms. The molecule has 0 N–H and O–H groups in total. The molecule has 58 valence electrons. The average molecular weight is 156 g/mol. The molecule has 1 nitrogen and oxygen atoms in total. The third kappa shape index (κ3) is 1.56. The van der Waals surface area contributed by atoms with Gasteiger partial charge in [-0.2, -0.15) is 0 Å². The summed E-state index contributed by atoms with van der Waals surface area (Å²) in [4.78, 5) is 0. The normalized spacial score (nSPS) is 10.0. The molecule has 0 saturated heterocycles. The van der Waals surface area contributed by atoms with Crippen molar-refractivity contribution >= 4 is 0 Å². The first-order chi connectivity index (χ1) is 5.95. The molecule has 0 unspecified atom stereocenters. The summed E-state index contributed by atoms with van der Waals surface area (Å²) in [5, 5.41) is 0. The number of hydrogen-bond acceptors (Lipinski definition) is 1. The van der Waals surface area contributed by atoms with Crippen LogP contribution in [0.15, 0.2) is 53.1 Å². The molecule has 2 radical (unpaired) electrons. The van der Waals surface area contributed by atoms with Crippen LogP contribution < -0.4 is 0 Å². The molecule has 0 aliphatic rings. The topological polar surface area (TPSA) is 13.1 Å². The molecule has 0 saturated carbocycles. The fraction of sp³-hybridized carbons (Fsp3) is 0. The van der Waals surface area contributed by atoms with Crippen molar-refractivity contribution in [3.8, 4) is 0 Å². The van der Waals surface area contributed by atoms with Gasteiger partial charge < -0.3 is 4.42 Å². The van der Waals surface area contributed by atoms with Crippen LogP contribution in [0.25, 0.3) is 0 Å². The Kier molecular flexibility index (Phi) is 1.95. The van der Waals surface area contributed by atoms with Crippen LogP contribution in [-0.2, 0) is 0 Å². The van der Waals surface area contributed by atoms with E-state index in [1.807, 2.05) is 42.5 Å². The molecule has 0 atom stereocenters. The minimum absolute atomic E-state index is 0.765. The van der Waals surface area contributed by atoms with Gasteiger partial charge in [0.25, 0.3) is 0 Å². The Labute approximate surface area is 71.6 Å². The van der Waals surface area contributed by atoms with E-state index < -0.39 is 0 Å². The largest absolute Gasteiger partial charge is 0.468 e. The second kappa shape index (κ2) is 3.26. The number of benzene rings is 1. The number of hydrogen-bond donors (Lipinski definition) is 0. The predicted molar refractivity (Wildman–Crippen MR) is 46.6 cm³/mol. The van der Waals surface area contributed by atoms with Gasteiger partial charge in [-0.15, -0.1) is 0 Å². The lowest BCUT2D eigenvalue weighted by Crippen LogP contribution is -1.79. The summed E-state index contributed by atoms with van der Waals surface area (Å²) in [6.07, 6.45) is 4.76. The molecule has 0 spiro atoms. The van der Waals surface area contributed by atoms with E-state index in [-0.39, 0.29) is 0 Å². The molecule has 2 rings (SSSR count). The second-order valence-electron chi connectivity index (χ2n) is 2.47. The highest BCUT2D eigenvalue weighted by Gasteiger charge is 1.97. The van der Waals surface area contributed by atoms with E-state index in [1.165, 1.54) is 0 Å². The summed E-state index contributed by atoms with van der Waals surface area (Å²) in [5.41, 5.74) is 1.03. The lowest BCUT2D eigenvalue weighted by Gasteiger charge is -1.94. The zero-order chi connectivity index (χ0) is 8.23. The Morgan fingerprint density at radius 3 is 2.42 bits per heavy atom. The van der Waals surface area contributed by atoms with Crippen molar-refractivity contribution in [1.82, 2.24) is 0 Å². The second-order valence-corrected chi connectivity index (χ2v) is 2.47. The molecule has 1 aromatic heterocycles. The first-order valence-electron chi connectivity index (χ1n) is 3.81. The van der Waals surface area contributed by atoms with Crippen LogP contribution in [0.4, 0.5) is 0 Å². The van der Waals surface area contributed by atoms with Gasteiger partial charge in [0.15, 0.2) is 0 Å². The van der Waals surface area contributed by atoms with Crippen molar-refractivity contribution in [2.24, 2.45) is 0 Å². The number of furan rings is 1. The van der Waals surface area contributed by atoms with Gasteiger partial charge in [0.05, 0.1) is 12.7 Å². The van der Waals surface area contributed by atoms with Gasteiger partial charge in [0.2, 0.25) is 0 Å². The molecule has 1 heterocycles. The highest BCUT2D eigenvalue weighted by molar-refractivity contribution is 5.30. The molecule has 0 aliphatic carbocycles. The van der Waals surface area contributed by atoms with Gasteiger partial charge in [0, 0.05) is 0 Å². The van der Waals surface area contributed by atoms with E-state index >= 15 is 0 Å². The maximum absolute atomic E-state index is 5.13. The molecule has 1 heteroatoms. The molecule has 0 aliphatic heterocycles. The lowest BCUT2D eigenvalue weighted by molar-refractivity contribution is 0.542. The predicted octanol–water partition coefficient (Wildman–Crippen LogP) is 2.76. The highest BCUT2D eigenvalue weighted by Crippen LogP contribution is 2.10. The summed E-state index contributed by atoms with van der Waals surface area (Å²) >= 11 is 0. The summed E-state index contributed by atoms with van der Waals surface area (Å²) in [6, 6.07) is 13.6. The Bertz CT molecular complexity index is 321. The monoisotopic (exact) mass is 156 g/mol. The van der Waals surface area contributed by atoms with E-state index in [0.717, 1.165) is 11.3 Å². The van der Waals surface area contributed by atoms with Crippen molar-refractivity contribution in [3.05, 3.63) is 66.5 Å². The van der Waals surface area contributed by atoms with E-state index in [2.05, 4.69) is 6.42 Å². The Hall–Kier alpha value is -1.50. The van der Waals surface area contributed by atoms with Gasteiger partial charge in [-0.1, -0.05) is 30.3 Å². The quantitative estimate of drug-likeness (QED) is 0.651. The van der Waals surface area contributed by atoms with Crippen molar-refractivity contribution in [3.63, 3.8) is 0 Å². The first kappa shape index (κ1) is 7.17. The van der Waals surface area contributed by atoms with Gasteiger partial charge in [-0.05, 0) is 17.7 Å². The zero-order valence-corrected chi connectivity index (χ0v) is 6.53. The minimum Gasteiger partial charge on any atom is -0.468 e. The van der Waals surface area contributed by atoms with Crippen molar-refractivity contribution in [2.45, 2.75) is 0 Å². The molecule has 12 heavy (non-hydrogen) atoms. The van der Waals surface area contributed by atoms with E-state index in [1.54, 1.807) is 6.26 Å². The van der Waals surface area contributed by atoms with E-state index in [9.17, 15) is 0 Å². The summed E-state index contributed by atoms with van der Waals surface area (Å²) in [6.45, 7) is 0. The summed E-state index contributed by atoms with van der Waals surface area (Å²) < 4.78 is 5.13. The Balaban J connectivity index is 2.15. The van der Waals surface area contributed by atoms with Crippen LogP contribution >= 0.6 is 0 Å². The number of rotatable bonds is 2. The maximum atomic E-state index is 5.13. The molecule has 1 aromatic carbocycles. The minimum atomic E-state index is 0.765.